The second kappa shape index (κ2) is 6.45. The van der Waals surface area contributed by atoms with E-state index < -0.39 is 6.09 Å². The largest absolute Gasteiger partial charge is 0.465 e. The Hall–Kier alpha value is -1.59. The average Bonchev–Trinajstić information content (AvgIpc) is 2.91. The molecule has 0 unspecified atom stereocenters. The van der Waals surface area contributed by atoms with E-state index in [1.807, 2.05) is 0 Å². The van der Waals surface area contributed by atoms with Gasteiger partial charge in [0.15, 0.2) is 0 Å². The fourth-order valence-corrected chi connectivity index (χ4v) is 3.39. The summed E-state index contributed by atoms with van der Waals surface area (Å²) in [6.45, 7) is 0.457. The highest BCUT2D eigenvalue weighted by molar-refractivity contribution is 5.64. The van der Waals surface area contributed by atoms with Crippen molar-refractivity contribution in [2.24, 2.45) is 0 Å². The van der Waals surface area contributed by atoms with Crippen LogP contribution in [0.2, 0.25) is 0 Å². The fourth-order valence-electron chi connectivity index (χ4n) is 3.39. The molecular formula is C16H23N3O2. The normalized spacial score (nSPS) is 25.5. The van der Waals surface area contributed by atoms with Gasteiger partial charge in [0, 0.05) is 18.6 Å². The van der Waals surface area contributed by atoms with Gasteiger partial charge in [0.2, 0.25) is 0 Å². The van der Waals surface area contributed by atoms with Crippen LogP contribution in [-0.2, 0) is 6.42 Å². The van der Waals surface area contributed by atoms with Crippen molar-refractivity contribution in [2.75, 3.05) is 6.54 Å². The van der Waals surface area contributed by atoms with E-state index in [4.69, 9.17) is 5.11 Å². The van der Waals surface area contributed by atoms with Gasteiger partial charge in [0.1, 0.15) is 0 Å². The molecule has 1 aromatic carbocycles. The number of hydrogen-bond donors (Lipinski definition) is 4. The molecule has 0 spiro atoms. The number of rotatable bonds is 4. The maximum Gasteiger partial charge on any atom is 0.404 e. The zero-order valence-corrected chi connectivity index (χ0v) is 12.1. The highest BCUT2D eigenvalue weighted by Crippen LogP contribution is 2.28. The van der Waals surface area contributed by atoms with Crippen LogP contribution in [0.25, 0.3) is 0 Å². The predicted molar refractivity (Wildman–Crippen MR) is 81.2 cm³/mol. The third kappa shape index (κ3) is 3.54. The number of carboxylic acid groups (broad SMARTS) is 1. The average molecular weight is 289 g/mol. The fraction of sp³-hybridized carbons (Fsp3) is 0.562. The molecule has 1 aliphatic heterocycles. The van der Waals surface area contributed by atoms with E-state index in [1.165, 1.54) is 31.2 Å². The van der Waals surface area contributed by atoms with Gasteiger partial charge in [-0.2, -0.15) is 0 Å². The molecule has 4 N–H and O–H groups in total. The molecular weight excluding hydrogens is 266 g/mol. The molecule has 1 saturated heterocycles. The number of hydrogen-bond acceptors (Lipinski definition) is 3. The van der Waals surface area contributed by atoms with Gasteiger partial charge in [-0.05, 0) is 30.4 Å². The Balaban J connectivity index is 1.56. The first-order chi connectivity index (χ1) is 10.2. The number of carbonyl (C=O) groups is 1. The zero-order chi connectivity index (χ0) is 14.7. The number of benzene rings is 1. The molecule has 0 aromatic heterocycles. The Labute approximate surface area is 125 Å². The van der Waals surface area contributed by atoms with Gasteiger partial charge in [-0.1, -0.05) is 37.1 Å². The van der Waals surface area contributed by atoms with Crippen molar-refractivity contribution in [3.8, 4) is 0 Å². The minimum Gasteiger partial charge on any atom is -0.465 e. The van der Waals surface area contributed by atoms with Crippen molar-refractivity contribution in [3.05, 3.63) is 35.4 Å². The summed E-state index contributed by atoms with van der Waals surface area (Å²) < 4.78 is 0. The summed E-state index contributed by atoms with van der Waals surface area (Å²) in [7, 11) is 0. The minimum atomic E-state index is -0.964. The van der Waals surface area contributed by atoms with Crippen molar-refractivity contribution in [1.82, 2.24) is 16.0 Å². The van der Waals surface area contributed by atoms with Gasteiger partial charge >= 0.3 is 6.09 Å². The summed E-state index contributed by atoms with van der Waals surface area (Å²) in [6.07, 6.45) is 5.22. The highest BCUT2D eigenvalue weighted by atomic mass is 16.4. The van der Waals surface area contributed by atoms with E-state index in [2.05, 4.69) is 40.2 Å². The van der Waals surface area contributed by atoms with E-state index >= 15 is 0 Å². The lowest BCUT2D eigenvalue weighted by Crippen LogP contribution is -2.36. The summed E-state index contributed by atoms with van der Waals surface area (Å²) in [5, 5.41) is 18.3. The summed E-state index contributed by atoms with van der Waals surface area (Å²) in [4.78, 5) is 10.4. The van der Waals surface area contributed by atoms with Gasteiger partial charge in [0.25, 0.3) is 0 Å². The van der Waals surface area contributed by atoms with Crippen LogP contribution in [-0.4, -0.2) is 29.8 Å². The van der Waals surface area contributed by atoms with Crippen molar-refractivity contribution in [3.63, 3.8) is 0 Å². The van der Waals surface area contributed by atoms with Crippen molar-refractivity contribution < 1.29 is 9.90 Å². The van der Waals surface area contributed by atoms with Crippen LogP contribution in [0, 0.1) is 0 Å². The molecule has 21 heavy (non-hydrogen) atoms. The lowest BCUT2D eigenvalue weighted by molar-refractivity contribution is 0.194. The molecule has 5 heteroatoms. The third-order valence-electron chi connectivity index (χ3n) is 4.53. The summed E-state index contributed by atoms with van der Waals surface area (Å²) in [5.74, 6) is 0. The van der Waals surface area contributed by atoms with Gasteiger partial charge in [-0.3, -0.25) is 10.6 Å². The van der Waals surface area contributed by atoms with E-state index in [0.717, 1.165) is 12.0 Å². The van der Waals surface area contributed by atoms with Crippen LogP contribution in [0.15, 0.2) is 24.3 Å². The molecule has 0 radical (unpaired) electrons. The van der Waals surface area contributed by atoms with E-state index in [0.29, 0.717) is 18.6 Å². The molecule has 1 heterocycles. The van der Waals surface area contributed by atoms with Crippen LogP contribution in [0.5, 0.6) is 0 Å². The molecule has 1 aromatic rings. The van der Waals surface area contributed by atoms with Crippen molar-refractivity contribution in [1.29, 1.82) is 0 Å². The van der Waals surface area contributed by atoms with E-state index in [-0.39, 0.29) is 6.17 Å². The first-order valence-corrected chi connectivity index (χ1v) is 7.80. The number of fused-ring (bicyclic) bond motifs is 1. The third-order valence-corrected chi connectivity index (χ3v) is 4.53. The maximum absolute atomic E-state index is 10.4. The van der Waals surface area contributed by atoms with Gasteiger partial charge in [-0.25, -0.2) is 4.79 Å². The van der Waals surface area contributed by atoms with Crippen LogP contribution in [0.3, 0.4) is 0 Å². The highest BCUT2D eigenvalue weighted by Gasteiger charge is 2.34. The maximum atomic E-state index is 10.4. The lowest BCUT2D eigenvalue weighted by atomic mass is 9.92. The molecule has 2 fully saturated rings. The van der Waals surface area contributed by atoms with Crippen LogP contribution >= 0.6 is 0 Å². The Morgan fingerprint density at radius 1 is 1.14 bits per heavy atom. The van der Waals surface area contributed by atoms with Gasteiger partial charge < -0.3 is 10.4 Å². The zero-order valence-electron chi connectivity index (χ0n) is 12.1. The second-order valence-electron chi connectivity index (χ2n) is 5.99. The first-order valence-electron chi connectivity index (χ1n) is 7.80. The number of amides is 1. The summed E-state index contributed by atoms with van der Waals surface area (Å²) >= 11 is 0. The molecule has 114 valence electrons. The molecule has 3 rings (SSSR count). The van der Waals surface area contributed by atoms with Crippen LogP contribution in [0.4, 0.5) is 4.79 Å². The van der Waals surface area contributed by atoms with Gasteiger partial charge in [0.05, 0.1) is 6.17 Å². The van der Waals surface area contributed by atoms with Crippen molar-refractivity contribution >= 4 is 6.09 Å². The monoisotopic (exact) mass is 289 g/mol. The first kappa shape index (κ1) is 14.4. The summed E-state index contributed by atoms with van der Waals surface area (Å²) in [6, 6.07) is 9.68. The number of nitrogens with one attached hydrogen (secondary N) is 3. The van der Waals surface area contributed by atoms with E-state index in [9.17, 15) is 4.79 Å². The van der Waals surface area contributed by atoms with Crippen LogP contribution in [0.1, 0.15) is 43.0 Å². The Morgan fingerprint density at radius 2 is 1.76 bits per heavy atom. The van der Waals surface area contributed by atoms with E-state index in [1.54, 1.807) is 0 Å². The van der Waals surface area contributed by atoms with Gasteiger partial charge in [-0.15, -0.1) is 0 Å². The second-order valence-corrected chi connectivity index (χ2v) is 5.99. The SMILES string of the molecule is O=C(O)NCCc1ccc(C2N[C@@H]3CCCC[C@H]3N2)cc1. The molecule has 1 amide bonds. The minimum absolute atomic E-state index is 0.254. The Morgan fingerprint density at radius 3 is 2.33 bits per heavy atom. The Kier molecular flexibility index (Phi) is 4.41. The Bertz CT molecular complexity index is 475. The molecule has 1 saturated carbocycles. The lowest BCUT2D eigenvalue weighted by Gasteiger charge is -2.23. The standard InChI is InChI=1S/C16H23N3O2/c20-16(21)17-10-9-11-5-7-12(8-6-11)15-18-13-3-1-2-4-14(13)19-15/h5-8,13-15,17-19H,1-4,9-10H2,(H,20,21)/t13-,14-/m1/s1. The quantitative estimate of drug-likeness (QED) is 0.684. The molecule has 2 atom stereocenters. The topological polar surface area (TPSA) is 73.4 Å². The predicted octanol–water partition coefficient (Wildman–Crippen LogP) is 2.00. The molecule has 1 aliphatic carbocycles. The summed E-state index contributed by atoms with van der Waals surface area (Å²) in [5.41, 5.74) is 2.42. The molecule has 5 nitrogen and oxygen atoms in total. The molecule has 0 bridgehead atoms. The van der Waals surface area contributed by atoms with Crippen LogP contribution < -0.4 is 16.0 Å². The smallest absolute Gasteiger partial charge is 0.404 e. The van der Waals surface area contributed by atoms with Crippen molar-refractivity contribution in [2.45, 2.75) is 50.4 Å². The molecule has 2 aliphatic rings.